The maximum Gasteiger partial charge on any atom is 0.0300 e. The first-order valence-corrected chi connectivity index (χ1v) is 5.83. The highest BCUT2D eigenvalue weighted by molar-refractivity contribution is 4.91. The fourth-order valence-electron chi connectivity index (χ4n) is 1.97. The van der Waals surface area contributed by atoms with Gasteiger partial charge in [0.2, 0.25) is 0 Å². The number of hydrogen-bond donors (Lipinski definition) is 1. The van der Waals surface area contributed by atoms with E-state index >= 15 is 0 Å². The number of nitrogens with one attached hydrogen (secondary N) is 1. The predicted octanol–water partition coefficient (Wildman–Crippen LogP) is 2.10. The van der Waals surface area contributed by atoms with Crippen molar-refractivity contribution in [3.63, 3.8) is 0 Å². The Bertz CT molecular complexity index is 171. The third-order valence-electron chi connectivity index (χ3n) is 3.91. The second-order valence-electron chi connectivity index (χ2n) is 5.41. The molecule has 14 heavy (non-hydrogen) atoms. The smallest absolute Gasteiger partial charge is 0.0300 e. The van der Waals surface area contributed by atoms with Crippen molar-refractivity contribution < 1.29 is 0 Å². The Kier molecular flexibility index (Phi) is 3.96. The molecule has 1 N–H and O–H groups in total. The van der Waals surface area contributed by atoms with Gasteiger partial charge in [0.05, 0.1) is 0 Å². The van der Waals surface area contributed by atoms with Crippen LogP contribution in [0.4, 0.5) is 0 Å². The summed E-state index contributed by atoms with van der Waals surface area (Å²) in [5.74, 6) is 1.05. The Morgan fingerprint density at radius 1 is 1.36 bits per heavy atom. The Morgan fingerprint density at radius 2 is 1.93 bits per heavy atom. The lowest BCUT2D eigenvalue weighted by molar-refractivity contribution is 0.134. The summed E-state index contributed by atoms with van der Waals surface area (Å²) in [4.78, 5) is 2.32. The van der Waals surface area contributed by atoms with Gasteiger partial charge in [0.25, 0.3) is 0 Å². The van der Waals surface area contributed by atoms with Crippen LogP contribution in [0.3, 0.4) is 0 Å². The molecular formula is C12H26N2. The van der Waals surface area contributed by atoms with Crippen LogP contribution < -0.4 is 5.32 Å². The number of hydrogen-bond acceptors (Lipinski definition) is 2. The molecule has 0 aliphatic heterocycles. The van der Waals surface area contributed by atoms with Crippen molar-refractivity contribution in [3.8, 4) is 0 Å². The molecule has 0 saturated heterocycles. The van der Waals surface area contributed by atoms with Crippen LogP contribution in [0.25, 0.3) is 0 Å². The maximum atomic E-state index is 3.47. The summed E-state index contributed by atoms with van der Waals surface area (Å²) in [7, 11) is 6.42. The lowest BCUT2D eigenvalue weighted by atomic mass is 9.89. The largest absolute Gasteiger partial charge is 0.315 e. The van der Waals surface area contributed by atoms with Crippen molar-refractivity contribution in [2.45, 2.75) is 51.1 Å². The molecule has 1 aliphatic rings. The van der Waals surface area contributed by atoms with Crippen molar-refractivity contribution in [3.05, 3.63) is 0 Å². The van der Waals surface area contributed by atoms with E-state index in [-0.39, 0.29) is 5.54 Å². The van der Waals surface area contributed by atoms with Gasteiger partial charge >= 0.3 is 0 Å². The van der Waals surface area contributed by atoms with Crippen LogP contribution in [-0.4, -0.2) is 37.6 Å². The lowest BCUT2D eigenvalue weighted by Gasteiger charge is -2.40. The molecule has 0 amide bonds. The number of likely N-dealkylation sites (N-methyl/N-ethyl adjacent to an activating group) is 2. The first-order valence-electron chi connectivity index (χ1n) is 5.83. The van der Waals surface area contributed by atoms with Crippen LogP contribution in [0, 0.1) is 5.92 Å². The third-order valence-corrected chi connectivity index (χ3v) is 3.91. The highest BCUT2D eigenvalue weighted by Gasteiger charge is 2.32. The fraction of sp³-hybridized carbons (Fsp3) is 1.00. The second kappa shape index (κ2) is 4.63. The zero-order chi connectivity index (χ0) is 10.8. The molecule has 0 aromatic rings. The molecule has 84 valence electrons. The molecular weight excluding hydrogens is 172 g/mol. The van der Waals surface area contributed by atoms with Crippen LogP contribution >= 0.6 is 0 Å². The summed E-state index contributed by atoms with van der Waals surface area (Å²) < 4.78 is 0. The minimum absolute atomic E-state index is 0.254. The third kappa shape index (κ3) is 2.96. The van der Waals surface area contributed by atoms with Gasteiger partial charge in [-0.25, -0.2) is 0 Å². The first-order chi connectivity index (χ1) is 6.48. The summed E-state index contributed by atoms with van der Waals surface area (Å²) in [6, 6.07) is 0.609. The molecule has 0 heterocycles. The van der Waals surface area contributed by atoms with Crippen molar-refractivity contribution in [2.75, 3.05) is 21.1 Å². The molecule has 2 nitrogen and oxygen atoms in total. The van der Waals surface area contributed by atoms with Crippen LogP contribution in [0.5, 0.6) is 0 Å². The van der Waals surface area contributed by atoms with Crippen molar-refractivity contribution in [1.29, 1.82) is 0 Å². The second-order valence-corrected chi connectivity index (χ2v) is 5.41. The molecule has 2 heteroatoms. The van der Waals surface area contributed by atoms with Crippen molar-refractivity contribution in [2.24, 2.45) is 5.92 Å². The minimum Gasteiger partial charge on any atom is -0.315 e. The van der Waals surface area contributed by atoms with Crippen LogP contribution in [0.1, 0.15) is 39.5 Å². The Morgan fingerprint density at radius 3 is 2.29 bits per heavy atom. The van der Waals surface area contributed by atoms with E-state index in [1.807, 2.05) is 0 Å². The van der Waals surface area contributed by atoms with Crippen LogP contribution in [0.2, 0.25) is 0 Å². The monoisotopic (exact) mass is 198 g/mol. The normalized spacial score (nSPS) is 20.1. The van der Waals surface area contributed by atoms with Gasteiger partial charge in [-0.15, -0.1) is 0 Å². The van der Waals surface area contributed by atoms with E-state index in [4.69, 9.17) is 0 Å². The average molecular weight is 198 g/mol. The quantitative estimate of drug-likeness (QED) is 0.703. The highest BCUT2D eigenvalue weighted by atomic mass is 15.2. The molecule has 0 spiro atoms. The van der Waals surface area contributed by atoms with E-state index in [9.17, 15) is 0 Å². The van der Waals surface area contributed by atoms with Gasteiger partial charge in [-0.3, -0.25) is 0 Å². The molecule has 1 aliphatic carbocycles. The fourth-order valence-corrected chi connectivity index (χ4v) is 1.97. The molecule has 1 saturated carbocycles. The average Bonchev–Trinajstić information content (AvgIpc) is 2.88. The Balaban J connectivity index is 2.41. The zero-order valence-corrected chi connectivity index (χ0v) is 10.4. The molecule has 0 radical (unpaired) electrons. The summed E-state index contributed by atoms with van der Waals surface area (Å²) in [5.41, 5.74) is 0.254. The van der Waals surface area contributed by atoms with E-state index in [1.165, 1.54) is 25.7 Å². The molecule has 1 fully saturated rings. The molecule has 0 aromatic heterocycles. The van der Waals surface area contributed by atoms with E-state index < -0.39 is 0 Å². The number of rotatable bonds is 6. The van der Waals surface area contributed by atoms with Gasteiger partial charge in [0.1, 0.15) is 0 Å². The molecule has 1 rings (SSSR count). The van der Waals surface area contributed by atoms with Gasteiger partial charge in [-0.2, -0.15) is 0 Å². The van der Waals surface area contributed by atoms with Crippen LogP contribution in [-0.2, 0) is 0 Å². The van der Waals surface area contributed by atoms with Gasteiger partial charge < -0.3 is 10.2 Å². The first kappa shape index (κ1) is 12.0. The van der Waals surface area contributed by atoms with Gasteiger partial charge in [-0.1, -0.05) is 12.8 Å². The van der Waals surface area contributed by atoms with Gasteiger partial charge in [0.15, 0.2) is 0 Å². The summed E-state index contributed by atoms with van der Waals surface area (Å²) in [5, 5.41) is 3.47. The summed E-state index contributed by atoms with van der Waals surface area (Å²) in [6.45, 7) is 4.64. The van der Waals surface area contributed by atoms with E-state index in [0.29, 0.717) is 6.04 Å². The Hall–Kier alpha value is -0.0800. The highest BCUT2D eigenvalue weighted by Crippen LogP contribution is 2.35. The van der Waals surface area contributed by atoms with Crippen molar-refractivity contribution in [1.82, 2.24) is 10.2 Å². The summed E-state index contributed by atoms with van der Waals surface area (Å²) >= 11 is 0. The van der Waals surface area contributed by atoms with Crippen molar-refractivity contribution >= 4 is 0 Å². The van der Waals surface area contributed by atoms with E-state index in [1.54, 1.807) is 0 Å². The number of nitrogens with zero attached hydrogens (tertiary/aromatic N) is 1. The molecule has 1 atom stereocenters. The molecule has 1 unspecified atom stereocenters. The summed E-state index contributed by atoms with van der Waals surface area (Å²) in [6.07, 6.45) is 5.66. The predicted molar refractivity (Wildman–Crippen MR) is 62.6 cm³/mol. The van der Waals surface area contributed by atoms with Gasteiger partial charge in [-0.05, 0) is 53.8 Å². The van der Waals surface area contributed by atoms with E-state index in [2.05, 4.69) is 45.2 Å². The zero-order valence-electron chi connectivity index (χ0n) is 10.4. The standard InChI is InChI=1S/C12H26N2/c1-12(2,14(4)5)11(13-3)9-8-10-6-7-10/h10-11,13H,6-9H2,1-5H3. The Labute approximate surface area is 89.1 Å². The van der Waals surface area contributed by atoms with Crippen LogP contribution in [0.15, 0.2) is 0 Å². The maximum absolute atomic E-state index is 3.47. The molecule has 0 aromatic carbocycles. The minimum atomic E-state index is 0.254. The topological polar surface area (TPSA) is 15.3 Å². The lowest BCUT2D eigenvalue weighted by Crippen LogP contribution is -2.54. The van der Waals surface area contributed by atoms with Gasteiger partial charge in [0, 0.05) is 11.6 Å². The molecule has 0 bridgehead atoms. The SMILES string of the molecule is CNC(CCC1CC1)C(C)(C)N(C)C. The van der Waals surface area contributed by atoms with E-state index in [0.717, 1.165) is 5.92 Å².